The number of nitrogens with one attached hydrogen (secondary N) is 1. The van der Waals surface area contributed by atoms with E-state index in [2.05, 4.69) is 5.32 Å². The minimum Gasteiger partial charge on any atom is -0.496 e. The number of rotatable bonds is 4. The van der Waals surface area contributed by atoms with Crippen LogP contribution in [-0.2, 0) is 11.3 Å². The number of nitrogens with two attached hydrogens (primary N) is 1. The van der Waals surface area contributed by atoms with Crippen LogP contribution >= 0.6 is 0 Å². The standard InChI is InChI=1S/C14H22N2O4/c1-14(2,3)20-13(17)16-10-6-9(8-15)11(18-4)7-12(10)19-5/h6-7H,8,15H2,1-5H3,(H,16,17). The minimum absolute atomic E-state index is 0.288. The largest absolute Gasteiger partial charge is 0.496 e. The fraction of sp³-hybridized carbons (Fsp3) is 0.500. The van der Waals surface area contributed by atoms with Crippen LogP contribution in [0.5, 0.6) is 11.5 Å². The van der Waals surface area contributed by atoms with E-state index in [-0.39, 0.29) is 6.54 Å². The summed E-state index contributed by atoms with van der Waals surface area (Å²) in [7, 11) is 3.06. The molecule has 20 heavy (non-hydrogen) atoms. The summed E-state index contributed by atoms with van der Waals surface area (Å²) >= 11 is 0. The van der Waals surface area contributed by atoms with E-state index < -0.39 is 11.7 Å². The van der Waals surface area contributed by atoms with E-state index in [1.807, 2.05) is 0 Å². The van der Waals surface area contributed by atoms with E-state index >= 15 is 0 Å². The molecular weight excluding hydrogens is 260 g/mol. The topological polar surface area (TPSA) is 82.8 Å². The summed E-state index contributed by atoms with van der Waals surface area (Å²) in [6.45, 7) is 5.67. The van der Waals surface area contributed by atoms with Gasteiger partial charge in [-0.15, -0.1) is 0 Å². The normalized spacial score (nSPS) is 10.9. The van der Waals surface area contributed by atoms with Gasteiger partial charge in [0.1, 0.15) is 17.1 Å². The van der Waals surface area contributed by atoms with E-state index in [1.165, 1.54) is 7.11 Å². The molecule has 112 valence electrons. The molecule has 0 saturated carbocycles. The molecular formula is C14H22N2O4. The van der Waals surface area contributed by atoms with Crippen LogP contribution in [0.3, 0.4) is 0 Å². The molecule has 0 aliphatic heterocycles. The molecule has 0 heterocycles. The molecule has 1 aromatic rings. The summed E-state index contributed by atoms with van der Waals surface area (Å²) in [5, 5.41) is 2.65. The smallest absolute Gasteiger partial charge is 0.412 e. The van der Waals surface area contributed by atoms with Crippen LogP contribution in [0.15, 0.2) is 12.1 Å². The maximum absolute atomic E-state index is 11.8. The van der Waals surface area contributed by atoms with Crippen molar-refractivity contribution in [2.24, 2.45) is 5.73 Å². The van der Waals surface area contributed by atoms with Gasteiger partial charge >= 0.3 is 6.09 Å². The minimum atomic E-state index is -0.569. The predicted molar refractivity (Wildman–Crippen MR) is 77.3 cm³/mol. The molecule has 1 aromatic carbocycles. The zero-order valence-corrected chi connectivity index (χ0v) is 12.6. The molecule has 0 spiro atoms. The number of methoxy groups -OCH3 is 2. The van der Waals surface area contributed by atoms with Gasteiger partial charge in [-0.05, 0) is 26.8 Å². The Bertz CT molecular complexity index is 481. The van der Waals surface area contributed by atoms with Gasteiger partial charge in [-0.25, -0.2) is 4.79 Å². The third kappa shape index (κ3) is 4.31. The van der Waals surface area contributed by atoms with Crippen LogP contribution in [-0.4, -0.2) is 25.9 Å². The number of amides is 1. The molecule has 0 aromatic heterocycles. The quantitative estimate of drug-likeness (QED) is 0.886. The first-order chi connectivity index (χ1) is 9.30. The van der Waals surface area contributed by atoms with Crippen molar-refractivity contribution in [3.05, 3.63) is 17.7 Å². The number of benzene rings is 1. The molecule has 1 rings (SSSR count). The van der Waals surface area contributed by atoms with E-state index in [9.17, 15) is 4.79 Å². The van der Waals surface area contributed by atoms with Gasteiger partial charge in [0.15, 0.2) is 0 Å². The highest BCUT2D eigenvalue weighted by molar-refractivity contribution is 5.87. The number of anilines is 1. The van der Waals surface area contributed by atoms with E-state index in [4.69, 9.17) is 19.9 Å². The first kappa shape index (κ1) is 16.1. The van der Waals surface area contributed by atoms with Gasteiger partial charge in [0.2, 0.25) is 0 Å². The summed E-state index contributed by atoms with van der Waals surface area (Å²) in [4.78, 5) is 11.8. The summed E-state index contributed by atoms with van der Waals surface area (Å²) in [5.74, 6) is 1.09. The molecule has 0 atom stereocenters. The average Bonchev–Trinajstić information content (AvgIpc) is 2.35. The van der Waals surface area contributed by atoms with Gasteiger partial charge in [-0.3, -0.25) is 5.32 Å². The van der Waals surface area contributed by atoms with Gasteiger partial charge < -0.3 is 19.9 Å². The summed E-state index contributed by atoms with van der Waals surface area (Å²) in [6, 6.07) is 3.39. The Morgan fingerprint density at radius 2 is 1.80 bits per heavy atom. The van der Waals surface area contributed by atoms with Crippen molar-refractivity contribution in [3.8, 4) is 11.5 Å². The Balaban J connectivity index is 3.02. The zero-order valence-electron chi connectivity index (χ0n) is 12.6. The molecule has 0 fully saturated rings. The fourth-order valence-corrected chi connectivity index (χ4v) is 1.64. The van der Waals surface area contributed by atoms with Gasteiger partial charge in [-0.2, -0.15) is 0 Å². The molecule has 0 unspecified atom stereocenters. The van der Waals surface area contributed by atoms with Crippen molar-refractivity contribution in [2.45, 2.75) is 32.9 Å². The Morgan fingerprint density at radius 1 is 1.20 bits per heavy atom. The molecule has 0 radical (unpaired) electrons. The van der Waals surface area contributed by atoms with Crippen LogP contribution in [0.25, 0.3) is 0 Å². The van der Waals surface area contributed by atoms with Crippen molar-refractivity contribution in [3.63, 3.8) is 0 Å². The van der Waals surface area contributed by atoms with Crippen LogP contribution in [0.2, 0.25) is 0 Å². The Hall–Kier alpha value is -1.95. The highest BCUT2D eigenvalue weighted by atomic mass is 16.6. The van der Waals surface area contributed by atoms with E-state index in [0.717, 1.165) is 5.56 Å². The Morgan fingerprint density at radius 3 is 2.25 bits per heavy atom. The van der Waals surface area contributed by atoms with E-state index in [0.29, 0.717) is 17.2 Å². The number of hydrogen-bond acceptors (Lipinski definition) is 5. The Labute approximate surface area is 119 Å². The second-order valence-electron chi connectivity index (χ2n) is 5.20. The van der Waals surface area contributed by atoms with Crippen molar-refractivity contribution in [1.82, 2.24) is 0 Å². The molecule has 0 aliphatic rings. The molecule has 3 N–H and O–H groups in total. The second-order valence-corrected chi connectivity index (χ2v) is 5.20. The first-order valence-electron chi connectivity index (χ1n) is 6.25. The molecule has 6 heteroatoms. The molecule has 0 bridgehead atoms. The average molecular weight is 282 g/mol. The number of carbonyl (C=O) groups excluding carboxylic acids is 1. The molecule has 1 amide bonds. The van der Waals surface area contributed by atoms with Crippen LogP contribution in [0.4, 0.5) is 10.5 Å². The lowest BCUT2D eigenvalue weighted by Gasteiger charge is -2.21. The SMILES string of the molecule is COc1cc(OC)c(NC(=O)OC(C)(C)C)cc1CN. The summed E-state index contributed by atoms with van der Waals surface area (Å²) < 4.78 is 15.6. The number of hydrogen-bond donors (Lipinski definition) is 2. The van der Waals surface area contributed by atoms with Gasteiger partial charge in [0.25, 0.3) is 0 Å². The maximum atomic E-state index is 11.8. The lowest BCUT2D eigenvalue weighted by atomic mass is 10.1. The first-order valence-corrected chi connectivity index (χ1v) is 6.25. The fourth-order valence-electron chi connectivity index (χ4n) is 1.64. The summed E-state index contributed by atoms with van der Waals surface area (Å²) in [5.41, 5.74) is 6.34. The maximum Gasteiger partial charge on any atom is 0.412 e. The lowest BCUT2D eigenvalue weighted by molar-refractivity contribution is 0.0635. The van der Waals surface area contributed by atoms with Crippen molar-refractivity contribution in [1.29, 1.82) is 0 Å². The number of carbonyl (C=O) groups is 1. The predicted octanol–water partition coefficient (Wildman–Crippen LogP) is 2.51. The van der Waals surface area contributed by atoms with Crippen LogP contribution < -0.4 is 20.5 Å². The van der Waals surface area contributed by atoms with Crippen LogP contribution in [0, 0.1) is 0 Å². The second kappa shape index (κ2) is 6.47. The molecule has 0 saturated heterocycles. The van der Waals surface area contributed by atoms with Crippen LogP contribution in [0.1, 0.15) is 26.3 Å². The summed E-state index contributed by atoms with van der Waals surface area (Å²) in [6.07, 6.45) is -0.552. The van der Waals surface area contributed by atoms with Gasteiger partial charge in [-0.1, -0.05) is 0 Å². The van der Waals surface area contributed by atoms with Crippen molar-refractivity contribution < 1.29 is 19.0 Å². The number of ether oxygens (including phenoxy) is 3. The molecule has 6 nitrogen and oxygen atoms in total. The highest BCUT2D eigenvalue weighted by Crippen LogP contribution is 2.33. The zero-order chi connectivity index (χ0) is 15.3. The van der Waals surface area contributed by atoms with Gasteiger partial charge in [0.05, 0.1) is 19.9 Å². The lowest BCUT2D eigenvalue weighted by Crippen LogP contribution is -2.27. The van der Waals surface area contributed by atoms with Crippen molar-refractivity contribution in [2.75, 3.05) is 19.5 Å². The molecule has 0 aliphatic carbocycles. The Kier molecular flexibility index (Phi) is 5.21. The highest BCUT2D eigenvalue weighted by Gasteiger charge is 2.18. The monoisotopic (exact) mass is 282 g/mol. The third-order valence-electron chi connectivity index (χ3n) is 2.46. The van der Waals surface area contributed by atoms with E-state index in [1.54, 1.807) is 40.0 Å². The van der Waals surface area contributed by atoms with Crippen molar-refractivity contribution >= 4 is 11.8 Å². The van der Waals surface area contributed by atoms with Gasteiger partial charge in [0, 0.05) is 18.2 Å². The third-order valence-corrected chi connectivity index (χ3v) is 2.46.